The van der Waals surface area contributed by atoms with Crippen LogP contribution in [-0.2, 0) is 9.59 Å². The molecule has 1 saturated heterocycles. The molecule has 0 saturated carbocycles. The van der Waals surface area contributed by atoms with Crippen LogP contribution in [0, 0.1) is 0 Å². The van der Waals surface area contributed by atoms with Crippen LogP contribution >= 0.6 is 0 Å². The van der Waals surface area contributed by atoms with Crippen LogP contribution in [0.1, 0.15) is 31.1 Å². The Morgan fingerprint density at radius 1 is 1.16 bits per heavy atom. The predicted octanol–water partition coefficient (Wildman–Crippen LogP) is 2.57. The van der Waals surface area contributed by atoms with Crippen LogP contribution in [0.25, 0.3) is 5.76 Å². The number of hydrogen-bond donors (Lipinski definition) is 1. The van der Waals surface area contributed by atoms with Gasteiger partial charge in [-0.15, -0.1) is 0 Å². The number of ether oxygens (including phenoxy) is 2. The number of nitrogens with zero attached hydrogens (tertiary/aromatic N) is 3. The Morgan fingerprint density at radius 2 is 1.94 bits per heavy atom. The highest BCUT2D eigenvalue weighted by Gasteiger charge is 2.46. The molecule has 3 heterocycles. The van der Waals surface area contributed by atoms with E-state index in [0.29, 0.717) is 35.8 Å². The van der Waals surface area contributed by atoms with Gasteiger partial charge < -0.3 is 24.4 Å². The minimum atomic E-state index is -0.762. The van der Waals surface area contributed by atoms with E-state index in [1.54, 1.807) is 42.6 Å². The minimum Gasteiger partial charge on any atom is -0.507 e. The first kappa shape index (κ1) is 20.9. The van der Waals surface area contributed by atoms with Crippen LogP contribution < -0.4 is 9.47 Å². The van der Waals surface area contributed by atoms with E-state index in [1.807, 2.05) is 13.8 Å². The van der Waals surface area contributed by atoms with Gasteiger partial charge in [0.2, 0.25) is 6.79 Å². The van der Waals surface area contributed by atoms with E-state index in [4.69, 9.17) is 9.47 Å². The molecular weight excluding hydrogens is 398 g/mol. The molecule has 162 valence electrons. The molecule has 0 radical (unpaired) electrons. The maximum Gasteiger partial charge on any atom is 0.295 e. The molecule has 1 fully saturated rings. The molecule has 1 atom stereocenters. The molecule has 1 unspecified atom stereocenters. The van der Waals surface area contributed by atoms with Gasteiger partial charge in [-0.25, -0.2) is 0 Å². The van der Waals surface area contributed by atoms with E-state index in [0.717, 1.165) is 13.1 Å². The Morgan fingerprint density at radius 3 is 2.65 bits per heavy atom. The molecule has 0 spiro atoms. The highest BCUT2D eigenvalue weighted by Crippen LogP contribution is 2.40. The molecule has 1 aromatic carbocycles. The zero-order valence-electron chi connectivity index (χ0n) is 17.6. The third-order valence-electron chi connectivity index (χ3n) is 5.71. The van der Waals surface area contributed by atoms with E-state index in [-0.39, 0.29) is 18.1 Å². The largest absolute Gasteiger partial charge is 0.507 e. The molecule has 1 amide bonds. The number of rotatable bonds is 7. The smallest absolute Gasteiger partial charge is 0.295 e. The molecule has 1 N–H and O–H groups in total. The number of aromatic nitrogens is 1. The number of amides is 1. The van der Waals surface area contributed by atoms with Crippen LogP contribution in [-0.4, -0.2) is 64.6 Å². The number of carbonyl (C=O) groups is 2. The summed E-state index contributed by atoms with van der Waals surface area (Å²) >= 11 is 0. The molecule has 1 aromatic heterocycles. The average molecular weight is 423 g/mol. The highest BCUT2D eigenvalue weighted by atomic mass is 16.7. The SMILES string of the molecule is CCN(CC)CCN1C(=O)C(=O)C(=C(O)c2ccc3c(c2)OCO3)C1c1ccccn1. The fraction of sp³-hybridized carbons (Fsp3) is 0.348. The maximum atomic E-state index is 13.0. The number of aliphatic hydroxyl groups is 1. The number of benzene rings is 1. The topological polar surface area (TPSA) is 92.2 Å². The Bertz CT molecular complexity index is 1020. The quantitative estimate of drug-likeness (QED) is 0.416. The standard InChI is InChI=1S/C23H25N3O5/c1-3-25(4-2)11-12-26-20(16-7-5-6-10-24-16)19(22(28)23(26)29)21(27)15-8-9-17-18(13-15)31-14-30-17/h5-10,13,20,27H,3-4,11-12,14H2,1-2H3. The molecular formula is C23H25N3O5. The normalized spacial score (nSPS) is 19.5. The van der Waals surface area contributed by atoms with Crippen molar-refractivity contribution in [2.24, 2.45) is 0 Å². The summed E-state index contributed by atoms with van der Waals surface area (Å²) in [6.07, 6.45) is 1.61. The fourth-order valence-electron chi connectivity index (χ4n) is 3.94. The fourth-order valence-corrected chi connectivity index (χ4v) is 3.94. The van der Waals surface area contributed by atoms with Gasteiger partial charge in [0.25, 0.3) is 11.7 Å². The van der Waals surface area contributed by atoms with Crippen molar-refractivity contribution in [2.45, 2.75) is 19.9 Å². The van der Waals surface area contributed by atoms with Gasteiger partial charge in [-0.1, -0.05) is 19.9 Å². The number of Topliss-reactive ketones (excluding diaryl/α,β-unsaturated/α-hetero) is 1. The van der Waals surface area contributed by atoms with Crippen molar-refractivity contribution in [3.63, 3.8) is 0 Å². The summed E-state index contributed by atoms with van der Waals surface area (Å²) in [5.41, 5.74) is 0.942. The molecule has 8 nitrogen and oxygen atoms in total. The molecule has 2 aliphatic heterocycles. The number of pyridine rings is 1. The van der Waals surface area contributed by atoms with Crippen molar-refractivity contribution in [1.82, 2.24) is 14.8 Å². The number of hydrogen-bond acceptors (Lipinski definition) is 7. The number of likely N-dealkylation sites (N-methyl/N-ethyl adjacent to an activating group) is 1. The summed E-state index contributed by atoms with van der Waals surface area (Å²) in [5, 5.41) is 11.1. The Balaban J connectivity index is 1.77. The van der Waals surface area contributed by atoms with Crippen molar-refractivity contribution >= 4 is 17.4 Å². The van der Waals surface area contributed by atoms with Crippen LogP contribution in [0.4, 0.5) is 0 Å². The van der Waals surface area contributed by atoms with Gasteiger partial charge in [0, 0.05) is 24.8 Å². The van der Waals surface area contributed by atoms with Gasteiger partial charge in [-0.05, 0) is 43.4 Å². The Labute approximate surface area is 180 Å². The van der Waals surface area contributed by atoms with E-state index in [9.17, 15) is 14.7 Å². The van der Waals surface area contributed by atoms with Gasteiger partial charge in [0.1, 0.15) is 11.8 Å². The minimum absolute atomic E-state index is 0.0297. The molecule has 2 aliphatic rings. The first-order valence-corrected chi connectivity index (χ1v) is 10.4. The molecule has 2 aromatic rings. The maximum absolute atomic E-state index is 13.0. The molecule has 8 heteroatoms. The van der Waals surface area contributed by atoms with Gasteiger partial charge in [0.15, 0.2) is 11.5 Å². The number of carbonyl (C=O) groups excluding carboxylic acids is 2. The molecule has 0 aliphatic carbocycles. The molecule has 4 rings (SSSR count). The van der Waals surface area contributed by atoms with Crippen LogP contribution in [0.3, 0.4) is 0 Å². The third-order valence-corrected chi connectivity index (χ3v) is 5.71. The summed E-state index contributed by atoms with van der Waals surface area (Å²) in [4.78, 5) is 34.0. The van der Waals surface area contributed by atoms with Gasteiger partial charge in [0.05, 0.1) is 11.3 Å². The van der Waals surface area contributed by atoms with Gasteiger partial charge >= 0.3 is 0 Å². The molecule has 31 heavy (non-hydrogen) atoms. The second-order valence-corrected chi connectivity index (χ2v) is 7.34. The first-order valence-electron chi connectivity index (χ1n) is 10.4. The van der Waals surface area contributed by atoms with E-state index >= 15 is 0 Å². The van der Waals surface area contributed by atoms with Gasteiger partial charge in [-0.2, -0.15) is 0 Å². The van der Waals surface area contributed by atoms with Crippen LogP contribution in [0.15, 0.2) is 48.2 Å². The van der Waals surface area contributed by atoms with E-state index < -0.39 is 17.7 Å². The predicted molar refractivity (Wildman–Crippen MR) is 114 cm³/mol. The number of fused-ring (bicyclic) bond motifs is 1. The first-order chi connectivity index (χ1) is 15.0. The molecule has 0 bridgehead atoms. The van der Waals surface area contributed by atoms with Crippen molar-refractivity contribution in [2.75, 3.05) is 33.0 Å². The summed E-state index contributed by atoms with van der Waals surface area (Å²) in [5.74, 6) is -0.556. The zero-order chi connectivity index (χ0) is 22.0. The van der Waals surface area contributed by atoms with Crippen LogP contribution in [0.2, 0.25) is 0 Å². The zero-order valence-corrected chi connectivity index (χ0v) is 17.6. The monoisotopic (exact) mass is 423 g/mol. The highest BCUT2D eigenvalue weighted by molar-refractivity contribution is 6.46. The number of likely N-dealkylation sites (tertiary alicyclic amines) is 1. The van der Waals surface area contributed by atoms with E-state index in [2.05, 4.69) is 9.88 Å². The van der Waals surface area contributed by atoms with E-state index in [1.165, 1.54) is 4.90 Å². The number of aliphatic hydroxyl groups excluding tert-OH is 1. The summed E-state index contributed by atoms with van der Waals surface area (Å²) in [7, 11) is 0. The second kappa shape index (κ2) is 8.77. The van der Waals surface area contributed by atoms with Gasteiger partial charge in [-0.3, -0.25) is 14.6 Å². The summed E-state index contributed by atoms with van der Waals surface area (Å²) in [6.45, 7) is 6.85. The Kier molecular flexibility index (Phi) is 5.90. The lowest BCUT2D eigenvalue weighted by atomic mass is 9.98. The van der Waals surface area contributed by atoms with Crippen molar-refractivity contribution < 1.29 is 24.2 Å². The summed E-state index contributed by atoms with van der Waals surface area (Å²) < 4.78 is 10.7. The lowest BCUT2D eigenvalue weighted by Crippen LogP contribution is -2.38. The number of ketones is 1. The van der Waals surface area contributed by atoms with Crippen LogP contribution in [0.5, 0.6) is 11.5 Å². The van der Waals surface area contributed by atoms with Crippen molar-refractivity contribution in [3.05, 3.63) is 59.4 Å². The van der Waals surface area contributed by atoms with Crippen molar-refractivity contribution in [3.8, 4) is 11.5 Å². The third kappa shape index (κ3) is 3.86. The lowest BCUT2D eigenvalue weighted by molar-refractivity contribution is -0.140. The Hall–Kier alpha value is -3.39. The average Bonchev–Trinajstić information content (AvgIpc) is 3.37. The summed E-state index contributed by atoms with van der Waals surface area (Å²) in [6, 6.07) is 9.48. The lowest BCUT2D eigenvalue weighted by Gasteiger charge is -2.27. The second-order valence-electron chi connectivity index (χ2n) is 7.34. The van der Waals surface area contributed by atoms with Crippen molar-refractivity contribution in [1.29, 1.82) is 0 Å².